The van der Waals surface area contributed by atoms with E-state index in [0.29, 0.717) is 6.54 Å². The summed E-state index contributed by atoms with van der Waals surface area (Å²) >= 11 is 0. The first-order valence-corrected chi connectivity index (χ1v) is 7.61. The van der Waals surface area contributed by atoms with Crippen molar-refractivity contribution in [1.29, 1.82) is 0 Å². The van der Waals surface area contributed by atoms with E-state index in [0.717, 1.165) is 31.6 Å². The minimum atomic E-state index is -0.287. The van der Waals surface area contributed by atoms with Crippen LogP contribution < -0.4 is 15.8 Å². The van der Waals surface area contributed by atoms with Gasteiger partial charge in [0.15, 0.2) is 0 Å². The number of nitrogens with one attached hydrogen (secondary N) is 2. The molecular formula is C15H18N6O2. The monoisotopic (exact) mass is 314 g/mol. The first-order chi connectivity index (χ1) is 11.2. The van der Waals surface area contributed by atoms with Crippen LogP contribution in [-0.2, 0) is 0 Å². The van der Waals surface area contributed by atoms with Gasteiger partial charge in [-0.1, -0.05) is 0 Å². The van der Waals surface area contributed by atoms with E-state index < -0.39 is 0 Å². The van der Waals surface area contributed by atoms with E-state index in [4.69, 9.17) is 0 Å². The van der Waals surface area contributed by atoms with Crippen molar-refractivity contribution >= 4 is 11.7 Å². The van der Waals surface area contributed by atoms with Gasteiger partial charge in [0.25, 0.3) is 11.5 Å². The number of amides is 1. The highest BCUT2D eigenvalue weighted by Gasteiger charge is 2.24. The van der Waals surface area contributed by atoms with Crippen molar-refractivity contribution in [2.24, 2.45) is 0 Å². The highest BCUT2D eigenvalue weighted by atomic mass is 16.2. The van der Waals surface area contributed by atoms with Crippen LogP contribution in [0.2, 0.25) is 0 Å². The number of rotatable bonds is 4. The van der Waals surface area contributed by atoms with Crippen LogP contribution in [0.3, 0.4) is 0 Å². The molecule has 0 aliphatic carbocycles. The van der Waals surface area contributed by atoms with Crippen molar-refractivity contribution < 1.29 is 4.79 Å². The average molecular weight is 314 g/mol. The Labute approximate surface area is 133 Å². The summed E-state index contributed by atoms with van der Waals surface area (Å²) in [5.74, 6) is 0.599. The predicted octanol–water partition coefficient (Wildman–Crippen LogP) is 0.349. The fourth-order valence-corrected chi connectivity index (χ4v) is 2.72. The van der Waals surface area contributed by atoms with Crippen LogP contribution in [0.1, 0.15) is 29.9 Å². The summed E-state index contributed by atoms with van der Waals surface area (Å²) in [5.41, 5.74) is -0.225. The molecule has 0 saturated carbocycles. The van der Waals surface area contributed by atoms with Gasteiger partial charge in [0, 0.05) is 37.6 Å². The Morgan fingerprint density at radius 3 is 2.87 bits per heavy atom. The van der Waals surface area contributed by atoms with Crippen LogP contribution in [0.25, 0.3) is 0 Å². The van der Waals surface area contributed by atoms with Gasteiger partial charge in [-0.05, 0) is 31.4 Å². The van der Waals surface area contributed by atoms with Crippen molar-refractivity contribution in [2.75, 3.05) is 18.0 Å². The van der Waals surface area contributed by atoms with Crippen molar-refractivity contribution in [3.05, 3.63) is 46.8 Å². The Morgan fingerprint density at radius 2 is 2.13 bits per heavy atom. The van der Waals surface area contributed by atoms with Gasteiger partial charge >= 0.3 is 0 Å². The third-order valence-corrected chi connectivity index (χ3v) is 3.85. The van der Waals surface area contributed by atoms with E-state index in [2.05, 4.69) is 30.4 Å². The van der Waals surface area contributed by atoms with Gasteiger partial charge in [0.1, 0.15) is 5.82 Å². The van der Waals surface area contributed by atoms with E-state index in [-0.39, 0.29) is 23.3 Å². The summed E-state index contributed by atoms with van der Waals surface area (Å²) in [7, 11) is 0. The van der Waals surface area contributed by atoms with Crippen LogP contribution in [-0.4, -0.2) is 45.2 Å². The van der Waals surface area contributed by atoms with Crippen LogP contribution in [0.15, 0.2) is 35.4 Å². The molecule has 1 aliphatic rings. The van der Waals surface area contributed by atoms with Gasteiger partial charge in [-0.25, -0.2) is 15.1 Å². The Balaban J connectivity index is 1.66. The van der Waals surface area contributed by atoms with Gasteiger partial charge < -0.3 is 10.2 Å². The number of carbonyl (C=O) groups excluding carboxylic acids is 1. The summed E-state index contributed by atoms with van der Waals surface area (Å²) in [6, 6.07) is 4.97. The molecule has 0 radical (unpaired) electrons. The van der Waals surface area contributed by atoms with Crippen LogP contribution in [0.4, 0.5) is 5.82 Å². The molecular weight excluding hydrogens is 296 g/mol. The largest absolute Gasteiger partial charge is 0.350 e. The lowest BCUT2D eigenvalue weighted by molar-refractivity contribution is 0.0939. The van der Waals surface area contributed by atoms with E-state index in [1.807, 2.05) is 0 Å². The van der Waals surface area contributed by atoms with Gasteiger partial charge in [0.2, 0.25) is 5.82 Å². The van der Waals surface area contributed by atoms with Crippen molar-refractivity contribution in [2.45, 2.75) is 25.3 Å². The molecule has 1 unspecified atom stereocenters. The summed E-state index contributed by atoms with van der Waals surface area (Å²) in [4.78, 5) is 33.2. The smallest absolute Gasteiger partial charge is 0.289 e. The normalized spacial score (nSPS) is 17.7. The second-order valence-electron chi connectivity index (χ2n) is 5.40. The standard InChI is InChI=1S/C15H18N6O2/c22-13-6-5-12(19-20-13)21-9-2-1-4-11(21)10-18-15(23)14-16-7-3-8-17-14/h3,5-8,11H,1-2,4,9-10H2,(H,18,23)(H,20,22). The molecule has 23 heavy (non-hydrogen) atoms. The number of anilines is 1. The van der Waals surface area contributed by atoms with Crippen molar-refractivity contribution in [3.63, 3.8) is 0 Å². The summed E-state index contributed by atoms with van der Waals surface area (Å²) in [6.45, 7) is 1.33. The van der Waals surface area contributed by atoms with Gasteiger partial charge in [-0.2, -0.15) is 5.10 Å². The first-order valence-electron chi connectivity index (χ1n) is 7.61. The number of hydrogen-bond acceptors (Lipinski definition) is 6. The fourth-order valence-electron chi connectivity index (χ4n) is 2.72. The third kappa shape index (κ3) is 3.71. The number of piperidine rings is 1. The minimum Gasteiger partial charge on any atom is -0.350 e. The van der Waals surface area contributed by atoms with Crippen LogP contribution >= 0.6 is 0 Å². The van der Waals surface area contributed by atoms with Crippen LogP contribution in [0, 0.1) is 0 Å². The van der Waals surface area contributed by atoms with E-state index in [9.17, 15) is 9.59 Å². The molecule has 0 aromatic carbocycles. The molecule has 1 saturated heterocycles. The SMILES string of the molecule is O=C(NCC1CCCCN1c1ccc(=O)[nH]n1)c1ncccn1. The zero-order chi connectivity index (χ0) is 16.1. The maximum atomic E-state index is 12.1. The second kappa shape index (κ2) is 6.99. The lowest BCUT2D eigenvalue weighted by atomic mass is 10.0. The molecule has 3 rings (SSSR count). The molecule has 1 atom stereocenters. The number of aromatic amines is 1. The first kappa shape index (κ1) is 15.1. The highest BCUT2D eigenvalue weighted by molar-refractivity contribution is 5.90. The van der Waals surface area contributed by atoms with E-state index >= 15 is 0 Å². The van der Waals surface area contributed by atoms with Crippen molar-refractivity contribution in [1.82, 2.24) is 25.5 Å². The summed E-state index contributed by atoms with van der Waals surface area (Å²) in [5, 5.41) is 9.42. The molecule has 120 valence electrons. The number of carbonyl (C=O) groups is 1. The molecule has 8 nitrogen and oxygen atoms in total. The Hall–Kier alpha value is -2.77. The molecule has 0 bridgehead atoms. The van der Waals surface area contributed by atoms with Gasteiger partial charge in [-0.15, -0.1) is 0 Å². The maximum absolute atomic E-state index is 12.1. The second-order valence-corrected chi connectivity index (χ2v) is 5.40. The number of nitrogens with zero attached hydrogens (tertiary/aromatic N) is 4. The third-order valence-electron chi connectivity index (χ3n) is 3.85. The van der Waals surface area contributed by atoms with Gasteiger partial charge in [-0.3, -0.25) is 9.59 Å². The minimum absolute atomic E-state index is 0.134. The lowest BCUT2D eigenvalue weighted by Gasteiger charge is -2.36. The molecule has 2 aromatic heterocycles. The fraction of sp³-hybridized carbons (Fsp3) is 0.400. The zero-order valence-corrected chi connectivity index (χ0v) is 12.6. The molecule has 1 fully saturated rings. The predicted molar refractivity (Wildman–Crippen MR) is 84.2 cm³/mol. The number of hydrogen-bond donors (Lipinski definition) is 2. The molecule has 0 spiro atoms. The number of H-pyrrole nitrogens is 1. The van der Waals surface area contributed by atoms with E-state index in [1.165, 1.54) is 6.07 Å². The molecule has 2 aromatic rings. The molecule has 2 N–H and O–H groups in total. The van der Waals surface area contributed by atoms with Gasteiger partial charge in [0.05, 0.1) is 0 Å². The Bertz CT molecular complexity index is 697. The van der Waals surface area contributed by atoms with Crippen molar-refractivity contribution in [3.8, 4) is 0 Å². The van der Waals surface area contributed by atoms with Crippen LogP contribution in [0.5, 0.6) is 0 Å². The highest BCUT2D eigenvalue weighted by Crippen LogP contribution is 2.21. The molecule has 3 heterocycles. The zero-order valence-electron chi connectivity index (χ0n) is 12.6. The molecule has 1 amide bonds. The summed E-state index contributed by atoms with van der Waals surface area (Å²) in [6.07, 6.45) is 6.20. The summed E-state index contributed by atoms with van der Waals surface area (Å²) < 4.78 is 0. The Kier molecular flexibility index (Phi) is 4.60. The Morgan fingerprint density at radius 1 is 1.30 bits per heavy atom. The molecule has 8 heteroatoms. The quantitative estimate of drug-likeness (QED) is 0.844. The maximum Gasteiger partial charge on any atom is 0.289 e. The topological polar surface area (TPSA) is 104 Å². The average Bonchev–Trinajstić information content (AvgIpc) is 2.61. The molecule has 1 aliphatic heterocycles. The lowest BCUT2D eigenvalue weighted by Crippen LogP contribution is -2.47. The number of aromatic nitrogens is 4. The van der Waals surface area contributed by atoms with E-state index in [1.54, 1.807) is 24.5 Å².